The van der Waals surface area contributed by atoms with Crippen molar-refractivity contribution in [2.45, 2.75) is 83.2 Å². The number of nitrogens with one attached hydrogen (secondary N) is 1. The quantitative estimate of drug-likeness (QED) is 0.225. The summed E-state index contributed by atoms with van der Waals surface area (Å²) in [6.45, 7) is 6.59. The van der Waals surface area contributed by atoms with E-state index in [1.54, 1.807) is 20.8 Å². The molecule has 1 aromatic rings. The zero-order valence-electron chi connectivity index (χ0n) is 16.5. The van der Waals surface area contributed by atoms with E-state index >= 15 is 0 Å². The van der Waals surface area contributed by atoms with Crippen molar-refractivity contribution >= 4 is 5.82 Å². The average Bonchev–Trinajstić information content (AvgIpc) is 3.00. The average molecular weight is 384 g/mol. The fourth-order valence-electron chi connectivity index (χ4n) is 2.69. The molecule has 8 nitrogen and oxygen atoms in total. The molecule has 27 heavy (non-hydrogen) atoms. The Hall–Kier alpha value is -1.74. The van der Waals surface area contributed by atoms with Gasteiger partial charge in [-0.1, -0.05) is 11.6 Å². The van der Waals surface area contributed by atoms with Gasteiger partial charge in [-0.05, 0) is 58.3 Å². The van der Waals surface area contributed by atoms with Crippen LogP contribution in [0.5, 0.6) is 0 Å². The number of allylic oxidation sites excluding steroid dienone is 2. The van der Waals surface area contributed by atoms with Gasteiger partial charge in [0.25, 0.3) is 0 Å². The van der Waals surface area contributed by atoms with E-state index in [2.05, 4.69) is 4.98 Å². The van der Waals surface area contributed by atoms with Gasteiger partial charge in [-0.2, -0.15) is 0 Å². The molecule has 1 heterocycles. The summed E-state index contributed by atoms with van der Waals surface area (Å²) >= 11 is 0. The number of aliphatic hydroxyl groups is 4. The van der Waals surface area contributed by atoms with Crippen molar-refractivity contribution < 1.29 is 25.3 Å². The van der Waals surface area contributed by atoms with E-state index < -0.39 is 28.3 Å². The minimum atomic E-state index is -1.34. The molecule has 0 bridgehead atoms. The van der Waals surface area contributed by atoms with Gasteiger partial charge in [-0.25, -0.2) is 4.98 Å². The number of rotatable bonds is 11. The van der Waals surface area contributed by atoms with Crippen LogP contribution in [0.3, 0.4) is 0 Å². The lowest BCUT2D eigenvalue weighted by atomic mass is 9.89. The fourth-order valence-corrected chi connectivity index (χ4v) is 2.69. The Kier molecular flexibility index (Phi) is 8.16. The molecule has 0 amide bonds. The maximum absolute atomic E-state index is 10.7. The summed E-state index contributed by atoms with van der Waals surface area (Å²) in [6.07, 6.45) is 3.58. The maximum atomic E-state index is 10.7. The van der Waals surface area contributed by atoms with Crippen LogP contribution in [0, 0.1) is 10.1 Å². The Labute approximate surface area is 159 Å². The van der Waals surface area contributed by atoms with Crippen molar-refractivity contribution in [3.63, 3.8) is 0 Å². The van der Waals surface area contributed by atoms with E-state index in [9.17, 15) is 30.5 Å². The summed E-state index contributed by atoms with van der Waals surface area (Å²) in [5, 5.41) is 51.0. The summed E-state index contributed by atoms with van der Waals surface area (Å²) in [6, 6.07) is 1.34. The minimum absolute atomic E-state index is 0.109. The molecule has 0 saturated carbocycles. The van der Waals surface area contributed by atoms with E-state index in [4.69, 9.17) is 0 Å². The molecule has 1 rings (SSSR count). The lowest BCUT2D eigenvalue weighted by molar-refractivity contribution is -0.389. The zero-order chi connectivity index (χ0) is 20.8. The number of hydrogen-bond acceptors (Lipinski definition) is 6. The van der Waals surface area contributed by atoms with Gasteiger partial charge in [-0.15, -0.1) is 0 Å². The van der Waals surface area contributed by atoms with Crippen LogP contribution >= 0.6 is 0 Å². The fraction of sp³-hybridized carbons (Fsp3) is 0.684. The predicted octanol–water partition coefficient (Wildman–Crippen LogP) is 2.22. The summed E-state index contributed by atoms with van der Waals surface area (Å²) in [5.41, 5.74) is -0.886. The van der Waals surface area contributed by atoms with Gasteiger partial charge in [-0.3, -0.25) is 0 Å². The highest BCUT2D eigenvalue weighted by Crippen LogP contribution is 2.23. The molecule has 1 unspecified atom stereocenters. The third-order valence-electron chi connectivity index (χ3n) is 4.84. The smallest absolute Gasteiger partial charge is 0.321 e. The molecule has 3 atom stereocenters. The standard InChI is InChI=1S/C19H32N2O6/c1-13(7-8-15(22)18(2,3)24)6-5-9-19(4,25)16(23)10-14-11-17(20-12-14)21(26)27/h6,11-12,15-16,20,22-25H,5,7-10H2,1-4H3/b13-6+/t15-,16+,19?/m1/s1. The number of aromatic amines is 1. The first kappa shape index (κ1) is 23.3. The Morgan fingerprint density at radius 1 is 1.30 bits per heavy atom. The lowest BCUT2D eigenvalue weighted by Gasteiger charge is -2.28. The van der Waals surface area contributed by atoms with Crippen molar-refractivity contribution in [3.8, 4) is 0 Å². The number of nitro groups is 1. The summed E-state index contributed by atoms with van der Waals surface area (Å²) < 4.78 is 0. The number of hydrogen-bond donors (Lipinski definition) is 5. The highest BCUT2D eigenvalue weighted by Gasteiger charge is 2.30. The van der Waals surface area contributed by atoms with E-state index in [0.717, 1.165) is 5.57 Å². The second-order valence-corrected chi connectivity index (χ2v) is 8.02. The van der Waals surface area contributed by atoms with Crippen molar-refractivity contribution in [2.75, 3.05) is 0 Å². The number of aromatic nitrogens is 1. The van der Waals surface area contributed by atoms with Crippen LogP contribution in [0.15, 0.2) is 23.9 Å². The van der Waals surface area contributed by atoms with Gasteiger partial charge in [0.05, 0.1) is 29.6 Å². The Balaban J connectivity index is 2.49. The summed E-state index contributed by atoms with van der Waals surface area (Å²) in [4.78, 5) is 12.6. The SMILES string of the molecule is C/C(=C\CCC(C)(O)[C@@H](O)Cc1c[nH]c([N+](=O)[O-])c1)CC[C@@H](O)C(C)(C)O. The molecule has 0 radical (unpaired) electrons. The van der Waals surface area contributed by atoms with Crippen LogP contribution in [0.1, 0.15) is 58.9 Å². The van der Waals surface area contributed by atoms with Crippen molar-refractivity contribution in [3.05, 3.63) is 39.6 Å². The van der Waals surface area contributed by atoms with Gasteiger partial charge in [0, 0.05) is 18.1 Å². The van der Waals surface area contributed by atoms with Crippen LogP contribution < -0.4 is 0 Å². The van der Waals surface area contributed by atoms with Crippen LogP contribution in [0.4, 0.5) is 5.82 Å². The molecular weight excluding hydrogens is 352 g/mol. The second-order valence-electron chi connectivity index (χ2n) is 8.02. The van der Waals surface area contributed by atoms with Crippen molar-refractivity contribution in [2.24, 2.45) is 0 Å². The Morgan fingerprint density at radius 2 is 1.93 bits per heavy atom. The van der Waals surface area contributed by atoms with Crippen LogP contribution in [-0.2, 0) is 6.42 Å². The first-order valence-corrected chi connectivity index (χ1v) is 9.11. The van der Waals surface area contributed by atoms with Gasteiger partial charge < -0.3 is 30.5 Å². The molecule has 154 valence electrons. The van der Waals surface area contributed by atoms with E-state index in [1.807, 2.05) is 13.0 Å². The van der Waals surface area contributed by atoms with Gasteiger partial charge in [0.2, 0.25) is 0 Å². The summed E-state index contributed by atoms with van der Waals surface area (Å²) in [7, 11) is 0. The zero-order valence-corrected chi connectivity index (χ0v) is 16.5. The second kappa shape index (κ2) is 9.45. The molecule has 0 fully saturated rings. The minimum Gasteiger partial charge on any atom is -0.390 e. The predicted molar refractivity (Wildman–Crippen MR) is 102 cm³/mol. The first-order valence-electron chi connectivity index (χ1n) is 9.11. The van der Waals surface area contributed by atoms with E-state index in [0.29, 0.717) is 31.2 Å². The number of nitrogens with zero attached hydrogens (tertiary/aromatic N) is 1. The van der Waals surface area contributed by atoms with Crippen LogP contribution in [0.25, 0.3) is 0 Å². The van der Waals surface area contributed by atoms with Crippen LogP contribution in [-0.4, -0.2) is 53.7 Å². The molecule has 0 aliphatic carbocycles. The third-order valence-corrected chi connectivity index (χ3v) is 4.84. The Morgan fingerprint density at radius 3 is 2.44 bits per heavy atom. The van der Waals surface area contributed by atoms with Gasteiger partial charge in [0.1, 0.15) is 0 Å². The van der Waals surface area contributed by atoms with Crippen LogP contribution in [0.2, 0.25) is 0 Å². The van der Waals surface area contributed by atoms with Gasteiger partial charge >= 0.3 is 5.82 Å². The van der Waals surface area contributed by atoms with Gasteiger partial charge in [0.15, 0.2) is 0 Å². The molecule has 8 heteroatoms. The number of H-pyrrole nitrogens is 1. The van der Waals surface area contributed by atoms with E-state index in [-0.39, 0.29) is 12.2 Å². The highest BCUT2D eigenvalue weighted by molar-refractivity contribution is 5.27. The summed E-state index contributed by atoms with van der Waals surface area (Å²) in [5.74, 6) is -0.149. The largest absolute Gasteiger partial charge is 0.390 e. The van der Waals surface area contributed by atoms with Crippen molar-refractivity contribution in [1.29, 1.82) is 0 Å². The third kappa shape index (κ3) is 7.80. The molecule has 5 N–H and O–H groups in total. The first-order chi connectivity index (χ1) is 12.3. The maximum Gasteiger partial charge on any atom is 0.321 e. The molecule has 1 aromatic heterocycles. The monoisotopic (exact) mass is 384 g/mol. The molecule has 0 saturated heterocycles. The molecule has 0 aromatic carbocycles. The topological polar surface area (TPSA) is 140 Å². The molecule has 0 aliphatic rings. The molecule has 0 aliphatic heterocycles. The number of aliphatic hydroxyl groups excluding tert-OH is 2. The van der Waals surface area contributed by atoms with E-state index in [1.165, 1.54) is 12.3 Å². The Bertz CT molecular complexity index is 645. The molecule has 0 spiro atoms. The normalized spacial score (nSPS) is 17.4. The molecular formula is C19H32N2O6. The lowest BCUT2D eigenvalue weighted by Crippen LogP contribution is -2.40. The van der Waals surface area contributed by atoms with Crippen molar-refractivity contribution in [1.82, 2.24) is 4.98 Å². The highest BCUT2D eigenvalue weighted by atomic mass is 16.6.